The number of halogens is 1. The number of hydrogen-bond donors (Lipinski definition) is 1. The molecular weight excluding hydrogens is 448 g/mol. The molecule has 1 atom stereocenters. The third kappa shape index (κ3) is 6.10. The fraction of sp³-hybridized carbons (Fsp3) is 0.321. The van der Waals surface area contributed by atoms with Crippen LogP contribution in [0.3, 0.4) is 0 Å². The van der Waals surface area contributed by atoms with Crippen molar-refractivity contribution >= 4 is 17.5 Å². The van der Waals surface area contributed by atoms with Crippen molar-refractivity contribution in [3.8, 4) is 11.5 Å². The average Bonchev–Trinajstić information content (AvgIpc) is 2.90. The lowest BCUT2D eigenvalue weighted by Crippen LogP contribution is -2.44. The lowest BCUT2D eigenvalue weighted by atomic mass is 9.92. The predicted molar refractivity (Wildman–Crippen MR) is 136 cm³/mol. The van der Waals surface area contributed by atoms with Gasteiger partial charge in [-0.3, -0.25) is 4.79 Å². The zero-order chi connectivity index (χ0) is 23.8. The molecule has 1 heterocycles. The number of hydrogen-bond acceptors (Lipinski definition) is 4. The number of benzene rings is 3. The van der Waals surface area contributed by atoms with Gasteiger partial charge in [-0.05, 0) is 73.5 Å². The van der Waals surface area contributed by atoms with Gasteiger partial charge in [0.2, 0.25) is 5.91 Å². The van der Waals surface area contributed by atoms with E-state index in [4.69, 9.17) is 21.1 Å². The number of amides is 1. The van der Waals surface area contributed by atoms with E-state index < -0.39 is 0 Å². The highest BCUT2D eigenvalue weighted by atomic mass is 35.5. The summed E-state index contributed by atoms with van der Waals surface area (Å²) in [6.07, 6.45) is 1.68. The minimum Gasteiger partial charge on any atom is -0.497 e. The first-order chi connectivity index (χ1) is 16.7. The van der Waals surface area contributed by atoms with Crippen LogP contribution in [0.1, 0.15) is 30.0 Å². The van der Waals surface area contributed by atoms with Crippen molar-refractivity contribution in [1.29, 1.82) is 0 Å². The molecule has 6 heteroatoms. The Hall–Kier alpha value is -3.02. The molecule has 1 fully saturated rings. The first-order valence-electron chi connectivity index (χ1n) is 11.7. The fourth-order valence-corrected chi connectivity index (χ4v) is 4.56. The number of nitrogens with one attached hydrogen (secondary N) is 1. The van der Waals surface area contributed by atoms with Crippen molar-refractivity contribution in [3.05, 3.63) is 95.0 Å². The summed E-state index contributed by atoms with van der Waals surface area (Å²) in [5.74, 6) is 1.73. The molecule has 4 rings (SSSR count). The van der Waals surface area contributed by atoms with Gasteiger partial charge in [0.1, 0.15) is 18.1 Å². The van der Waals surface area contributed by atoms with E-state index in [2.05, 4.69) is 5.32 Å². The predicted octanol–water partition coefficient (Wildman–Crippen LogP) is 5.35. The smallest absolute Gasteiger partial charge is 0.226 e. The summed E-state index contributed by atoms with van der Waals surface area (Å²) in [6, 6.07) is 25.1. The molecule has 1 saturated heterocycles. The maximum absolute atomic E-state index is 13.9. The van der Waals surface area contributed by atoms with Gasteiger partial charge in [-0.2, -0.15) is 0 Å². The van der Waals surface area contributed by atoms with Crippen molar-refractivity contribution in [1.82, 2.24) is 10.2 Å². The highest BCUT2D eigenvalue weighted by Crippen LogP contribution is 2.33. The number of piperidine rings is 1. The molecule has 1 aliphatic rings. The van der Waals surface area contributed by atoms with Gasteiger partial charge in [-0.25, -0.2) is 0 Å². The van der Waals surface area contributed by atoms with Crippen LogP contribution in [0.2, 0.25) is 5.02 Å². The summed E-state index contributed by atoms with van der Waals surface area (Å²) < 4.78 is 11.4. The topological polar surface area (TPSA) is 50.8 Å². The average molecular weight is 479 g/mol. The summed E-state index contributed by atoms with van der Waals surface area (Å²) in [6.45, 7) is 2.59. The molecule has 0 radical (unpaired) electrons. The second-order valence-electron chi connectivity index (χ2n) is 8.44. The number of methoxy groups -OCH3 is 1. The standard InChI is InChI=1S/C28H31ClN2O3/c1-33-25-13-9-22(10-14-25)27(21-7-11-24(29)12-8-21)31(28(32)23-15-17-30-18-16-23)19-20-34-26-5-3-2-4-6-26/h2-14,23,27,30H,15-20H2,1H3/t27-/m0/s1. The Morgan fingerprint density at radius 1 is 0.941 bits per heavy atom. The van der Waals surface area contributed by atoms with E-state index in [-0.39, 0.29) is 17.9 Å². The molecule has 1 aliphatic heterocycles. The normalized spacial score (nSPS) is 14.9. The van der Waals surface area contributed by atoms with Gasteiger partial charge in [-0.1, -0.05) is 54.1 Å². The summed E-state index contributed by atoms with van der Waals surface area (Å²) in [4.78, 5) is 15.9. The molecule has 0 unspecified atom stereocenters. The number of rotatable bonds is 9. The van der Waals surface area contributed by atoms with Crippen LogP contribution in [0.4, 0.5) is 0 Å². The number of carbonyl (C=O) groups excluding carboxylic acids is 1. The molecule has 0 aromatic heterocycles. The van der Waals surface area contributed by atoms with Crippen molar-refractivity contribution in [2.45, 2.75) is 18.9 Å². The minimum atomic E-state index is -0.259. The zero-order valence-electron chi connectivity index (χ0n) is 19.5. The van der Waals surface area contributed by atoms with E-state index in [0.29, 0.717) is 18.2 Å². The van der Waals surface area contributed by atoms with Crippen LogP contribution in [0, 0.1) is 5.92 Å². The number of nitrogens with zero attached hydrogens (tertiary/aromatic N) is 1. The number of para-hydroxylation sites is 1. The largest absolute Gasteiger partial charge is 0.497 e. The van der Waals surface area contributed by atoms with E-state index in [9.17, 15) is 4.79 Å². The molecule has 34 heavy (non-hydrogen) atoms. The van der Waals surface area contributed by atoms with E-state index in [1.165, 1.54) is 0 Å². The van der Waals surface area contributed by atoms with Crippen LogP contribution in [0.25, 0.3) is 0 Å². The fourth-order valence-electron chi connectivity index (χ4n) is 4.43. The van der Waals surface area contributed by atoms with Gasteiger partial charge in [0.05, 0.1) is 19.7 Å². The lowest BCUT2D eigenvalue weighted by Gasteiger charge is -2.36. The zero-order valence-corrected chi connectivity index (χ0v) is 20.2. The van der Waals surface area contributed by atoms with Gasteiger partial charge < -0.3 is 19.7 Å². The van der Waals surface area contributed by atoms with Crippen LogP contribution in [0.15, 0.2) is 78.9 Å². The molecule has 0 bridgehead atoms. The van der Waals surface area contributed by atoms with Crippen LogP contribution in [0.5, 0.6) is 11.5 Å². The molecule has 5 nitrogen and oxygen atoms in total. The number of carbonyl (C=O) groups is 1. The van der Waals surface area contributed by atoms with Crippen molar-refractivity contribution in [2.24, 2.45) is 5.92 Å². The molecule has 178 valence electrons. The second-order valence-corrected chi connectivity index (χ2v) is 8.88. The monoisotopic (exact) mass is 478 g/mol. The quantitative estimate of drug-likeness (QED) is 0.450. The molecular formula is C28H31ClN2O3. The SMILES string of the molecule is COc1ccc([C@H](c2ccc(Cl)cc2)N(CCOc2ccccc2)C(=O)C2CCNCC2)cc1. The van der Waals surface area contributed by atoms with Crippen molar-refractivity contribution in [2.75, 3.05) is 33.4 Å². The molecule has 0 saturated carbocycles. The molecule has 3 aromatic carbocycles. The van der Waals surface area contributed by atoms with E-state index >= 15 is 0 Å². The molecule has 0 aliphatic carbocycles. The van der Waals surface area contributed by atoms with Crippen LogP contribution < -0.4 is 14.8 Å². The Labute approximate surface area is 206 Å². The maximum Gasteiger partial charge on any atom is 0.226 e. The lowest BCUT2D eigenvalue weighted by molar-refractivity contribution is -0.138. The Morgan fingerprint density at radius 2 is 1.56 bits per heavy atom. The molecule has 3 aromatic rings. The first kappa shape index (κ1) is 24.1. The summed E-state index contributed by atoms with van der Waals surface area (Å²) in [5.41, 5.74) is 2.03. The van der Waals surface area contributed by atoms with Gasteiger partial charge in [0.15, 0.2) is 0 Å². The Bertz CT molecular complexity index is 1040. The van der Waals surface area contributed by atoms with Gasteiger partial charge in [-0.15, -0.1) is 0 Å². The van der Waals surface area contributed by atoms with Crippen LogP contribution in [-0.2, 0) is 4.79 Å². The van der Waals surface area contributed by atoms with E-state index in [0.717, 1.165) is 48.6 Å². The third-order valence-corrected chi connectivity index (χ3v) is 6.50. The first-order valence-corrected chi connectivity index (χ1v) is 12.1. The molecule has 1 N–H and O–H groups in total. The third-order valence-electron chi connectivity index (χ3n) is 6.24. The van der Waals surface area contributed by atoms with E-state index in [1.807, 2.05) is 83.8 Å². The van der Waals surface area contributed by atoms with Gasteiger partial charge in [0.25, 0.3) is 0 Å². The maximum atomic E-state index is 13.9. The van der Waals surface area contributed by atoms with Crippen LogP contribution >= 0.6 is 11.6 Å². The summed E-state index contributed by atoms with van der Waals surface area (Å²) >= 11 is 6.19. The number of ether oxygens (including phenoxy) is 2. The highest BCUT2D eigenvalue weighted by molar-refractivity contribution is 6.30. The molecule has 1 amide bonds. The van der Waals surface area contributed by atoms with Gasteiger partial charge >= 0.3 is 0 Å². The van der Waals surface area contributed by atoms with E-state index in [1.54, 1.807) is 7.11 Å². The summed E-state index contributed by atoms with van der Waals surface area (Å²) in [7, 11) is 1.65. The Morgan fingerprint density at radius 3 is 2.18 bits per heavy atom. The highest BCUT2D eigenvalue weighted by Gasteiger charge is 2.32. The van der Waals surface area contributed by atoms with Crippen molar-refractivity contribution in [3.63, 3.8) is 0 Å². The second kappa shape index (κ2) is 11.9. The van der Waals surface area contributed by atoms with Crippen molar-refractivity contribution < 1.29 is 14.3 Å². The van der Waals surface area contributed by atoms with Crippen LogP contribution in [-0.4, -0.2) is 44.2 Å². The Kier molecular flexibility index (Phi) is 8.45. The Balaban J connectivity index is 1.67. The van der Waals surface area contributed by atoms with Gasteiger partial charge in [0, 0.05) is 10.9 Å². The molecule has 0 spiro atoms. The minimum absolute atomic E-state index is 0.00831. The summed E-state index contributed by atoms with van der Waals surface area (Å²) in [5, 5.41) is 4.03.